The molecule has 23 heavy (non-hydrogen) atoms. The van der Waals surface area contributed by atoms with Crippen LogP contribution in [0.25, 0.3) is 0 Å². The van der Waals surface area contributed by atoms with E-state index in [4.69, 9.17) is 0 Å². The van der Waals surface area contributed by atoms with Gasteiger partial charge in [-0.2, -0.15) is 0 Å². The van der Waals surface area contributed by atoms with E-state index in [0.717, 1.165) is 50.8 Å². The van der Waals surface area contributed by atoms with Crippen molar-refractivity contribution in [3.8, 4) is 0 Å². The summed E-state index contributed by atoms with van der Waals surface area (Å²) in [6, 6.07) is 6.82. The molecular formula is C18H26ClFN2O. The Morgan fingerprint density at radius 3 is 2.74 bits per heavy atom. The lowest BCUT2D eigenvalue weighted by Crippen LogP contribution is -2.53. The third-order valence-electron chi connectivity index (χ3n) is 5.37. The van der Waals surface area contributed by atoms with Crippen molar-refractivity contribution >= 4 is 18.3 Å². The number of hydrogen-bond acceptors (Lipinski definition) is 2. The topological polar surface area (TPSA) is 41.1 Å². The van der Waals surface area contributed by atoms with Crippen LogP contribution in [-0.4, -0.2) is 25.0 Å². The standard InChI is InChI=1S/C18H25FN2O.ClH/c1-13-12-20-10-7-16(13)21-17(22)18(8-2-3-9-18)14-5-4-6-15(19)11-14;/h4-6,11,13,16,20H,2-3,7-10,12H2,1H3,(H,21,22);1H. The number of benzene rings is 1. The van der Waals surface area contributed by atoms with Gasteiger partial charge in [0.05, 0.1) is 5.41 Å². The molecule has 1 aliphatic carbocycles. The number of carbonyl (C=O) groups is 1. The molecule has 1 heterocycles. The molecule has 1 aromatic carbocycles. The molecule has 0 spiro atoms. The van der Waals surface area contributed by atoms with Gasteiger partial charge in [-0.25, -0.2) is 4.39 Å². The quantitative estimate of drug-likeness (QED) is 0.887. The monoisotopic (exact) mass is 340 g/mol. The molecule has 3 rings (SSSR count). The maximum atomic E-state index is 13.6. The molecule has 2 unspecified atom stereocenters. The maximum Gasteiger partial charge on any atom is 0.230 e. The fourth-order valence-electron chi connectivity index (χ4n) is 3.95. The van der Waals surface area contributed by atoms with Gasteiger partial charge in [0, 0.05) is 6.04 Å². The summed E-state index contributed by atoms with van der Waals surface area (Å²) in [5.74, 6) is 0.268. The van der Waals surface area contributed by atoms with Crippen molar-refractivity contribution in [1.29, 1.82) is 0 Å². The van der Waals surface area contributed by atoms with Crippen molar-refractivity contribution in [3.05, 3.63) is 35.6 Å². The zero-order chi connectivity index (χ0) is 15.6. The Labute approximate surface area is 143 Å². The largest absolute Gasteiger partial charge is 0.352 e. The maximum absolute atomic E-state index is 13.6. The van der Waals surface area contributed by atoms with Crippen molar-refractivity contribution in [2.75, 3.05) is 13.1 Å². The Kier molecular flexibility index (Phi) is 6.04. The molecule has 128 valence electrons. The van der Waals surface area contributed by atoms with Crippen LogP contribution in [0.15, 0.2) is 24.3 Å². The Hall–Kier alpha value is -1.13. The first kappa shape index (κ1) is 18.2. The van der Waals surface area contributed by atoms with E-state index in [2.05, 4.69) is 17.6 Å². The third-order valence-corrected chi connectivity index (χ3v) is 5.37. The molecular weight excluding hydrogens is 315 g/mol. The van der Waals surface area contributed by atoms with E-state index in [9.17, 15) is 9.18 Å². The highest BCUT2D eigenvalue weighted by molar-refractivity contribution is 5.88. The summed E-state index contributed by atoms with van der Waals surface area (Å²) in [6.07, 6.45) is 4.67. The lowest BCUT2D eigenvalue weighted by atomic mass is 9.77. The second-order valence-electron chi connectivity index (χ2n) is 6.85. The average molecular weight is 341 g/mol. The van der Waals surface area contributed by atoms with Crippen LogP contribution in [0, 0.1) is 11.7 Å². The molecule has 1 aromatic rings. The SMILES string of the molecule is CC1CNCCC1NC(=O)C1(c2cccc(F)c2)CCCC1.Cl. The summed E-state index contributed by atoms with van der Waals surface area (Å²) in [7, 11) is 0. The summed E-state index contributed by atoms with van der Waals surface area (Å²) in [4.78, 5) is 13.0. The summed E-state index contributed by atoms with van der Waals surface area (Å²) in [6.45, 7) is 4.06. The van der Waals surface area contributed by atoms with Crippen LogP contribution in [0.3, 0.4) is 0 Å². The summed E-state index contributed by atoms with van der Waals surface area (Å²) >= 11 is 0. The smallest absolute Gasteiger partial charge is 0.230 e. The van der Waals surface area contributed by atoms with Crippen LogP contribution in [0.5, 0.6) is 0 Å². The lowest BCUT2D eigenvalue weighted by Gasteiger charge is -2.35. The molecule has 0 bridgehead atoms. The zero-order valence-electron chi connectivity index (χ0n) is 13.6. The molecule has 1 saturated heterocycles. The van der Waals surface area contributed by atoms with Gasteiger partial charge in [-0.15, -0.1) is 12.4 Å². The fourth-order valence-corrected chi connectivity index (χ4v) is 3.95. The predicted octanol–water partition coefficient (Wildman–Crippen LogP) is 3.17. The van der Waals surface area contributed by atoms with Crippen molar-refractivity contribution < 1.29 is 9.18 Å². The van der Waals surface area contributed by atoms with Crippen molar-refractivity contribution in [2.45, 2.75) is 50.5 Å². The van der Waals surface area contributed by atoms with Crippen LogP contribution in [0.4, 0.5) is 4.39 Å². The summed E-state index contributed by atoms with van der Waals surface area (Å²) in [5, 5.41) is 6.62. The van der Waals surface area contributed by atoms with Gasteiger partial charge in [0.25, 0.3) is 0 Å². The summed E-state index contributed by atoms with van der Waals surface area (Å²) < 4.78 is 13.6. The van der Waals surface area contributed by atoms with E-state index in [1.165, 1.54) is 12.1 Å². The highest BCUT2D eigenvalue weighted by Crippen LogP contribution is 2.41. The van der Waals surface area contributed by atoms with Gasteiger partial charge in [-0.1, -0.05) is 31.9 Å². The third kappa shape index (κ3) is 3.69. The molecule has 5 heteroatoms. The van der Waals surface area contributed by atoms with Gasteiger partial charge in [-0.3, -0.25) is 4.79 Å². The van der Waals surface area contributed by atoms with Crippen LogP contribution in [0.2, 0.25) is 0 Å². The number of halogens is 2. The second kappa shape index (κ2) is 7.63. The van der Waals surface area contributed by atoms with Crippen LogP contribution >= 0.6 is 12.4 Å². The summed E-state index contributed by atoms with van der Waals surface area (Å²) in [5.41, 5.74) is 0.302. The van der Waals surface area contributed by atoms with Gasteiger partial charge in [0.15, 0.2) is 0 Å². The number of nitrogens with one attached hydrogen (secondary N) is 2. The number of carbonyl (C=O) groups excluding carboxylic acids is 1. The number of rotatable bonds is 3. The minimum atomic E-state index is -0.535. The van der Waals surface area contributed by atoms with E-state index in [1.54, 1.807) is 6.07 Å². The molecule has 2 atom stereocenters. The first-order chi connectivity index (χ1) is 10.6. The molecule has 2 fully saturated rings. The molecule has 1 saturated carbocycles. The predicted molar refractivity (Wildman–Crippen MR) is 92.4 cm³/mol. The molecule has 0 radical (unpaired) electrons. The first-order valence-electron chi connectivity index (χ1n) is 8.39. The highest BCUT2D eigenvalue weighted by Gasteiger charge is 2.43. The van der Waals surface area contributed by atoms with Crippen LogP contribution < -0.4 is 10.6 Å². The van der Waals surface area contributed by atoms with E-state index < -0.39 is 5.41 Å². The Morgan fingerprint density at radius 2 is 2.09 bits per heavy atom. The van der Waals surface area contributed by atoms with Crippen molar-refractivity contribution in [2.24, 2.45) is 5.92 Å². The van der Waals surface area contributed by atoms with Gasteiger partial charge < -0.3 is 10.6 Å². The Bertz CT molecular complexity index is 546. The van der Waals surface area contributed by atoms with Gasteiger partial charge in [-0.05, 0) is 56.0 Å². The van der Waals surface area contributed by atoms with Gasteiger partial charge >= 0.3 is 0 Å². The molecule has 3 nitrogen and oxygen atoms in total. The first-order valence-corrected chi connectivity index (χ1v) is 8.39. The minimum Gasteiger partial charge on any atom is -0.352 e. The number of piperidine rings is 1. The van der Waals surface area contributed by atoms with Crippen LogP contribution in [0.1, 0.15) is 44.6 Å². The number of hydrogen-bond donors (Lipinski definition) is 2. The molecule has 0 aromatic heterocycles. The normalized spacial score (nSPS) is 26.3. The molecule has 2 N–H and O–H groups in total. The Morgan fingerprint density at radius 1 is 1.35 bits per heavy atom. The average Bonchev–Trinajstić information content (AvgIpc) is 3.00. The zero-order valence-corrected chi connectivity index (χ0v) is 14.4. The van der Waals surface area contributed by atoms with Gasteiger partial charge in [0.2, 0.25) is 5.91 Å². The number of amides is 1. The molecule has 1 aliphatic heterocycles. The second-order valence-corrected chi connectivity index (χ2v) is 6.85. The van der Waals surface area contributed by atoms with E-state index in [0.29, 0.717) is 5.92 Å². The van der Waals surface area contributed by atoms with E-state index >= 15 is 0 Å². The van der Waals surface area contributed by atoms with Gasteiger partial charge in [0.1, 0.15) is 5.82 Å². The minimum absolute atomic E-state index is 0. The van der Waals surface area contributed by atoms with Crippen molar-refractivity contribution in [1.82, 2.24) is 10.6 Å². The van der Waals surface area contributed by atoms with E-state index in [1.807, 2.05) is 6.07 Å². The highest BCUT2D eigenvalue weighted by atomic mass is 35.5. The lowest BCUT2D eigenvalue weighted by molar-refractivity contribution is -0.127. The molecule has 2 aliphatic rings. The molecule has 1 amide bonds. The van der Waals surface area contributed by atoms with Crippen molar-refractivity contribution in [3.63, 3.8) is 0 Å². The van der Waals surface area contributed by atoms with E-state index in [-0.39, 0.29) is 30.2 Å². The Balaban J connectivity index is 0.00000192. The fraction of sp³-hybridized carbons (Fsp3) is 0.611. The van der Waals surface area contributed by atoms with Crippen LogP contribution in [-0.2, 0) is 10.2 Å².